The molecule has 1 aliphatic carbocycles. The standard InChI is InChI=1S/C24H30N2O4/c1-16(25-17(2)27)19-6-8-20(9-7-19)30-22-13-26(14-22)23-11-10-21(12-24(23)28-3)29-15-18-4-5-18/h6-12,16,18,22H,4-5,13-15H2,1-3H3,(H,25,27)/t16-/m0/s1. The maximum absolute atomic E-state index is 11.2. The predicted octanol–water partition coefficient (Wildman–Crippen LogP) is 3.95. The van der Waals surface area contributed by atoms with E-state index in [4.69, 9.17) is 14.2 Å². The number of carbonyl (C=O) groups excluding carboxylic acids is 1. The number of hydrogen-bond donors (Lipinski definition) is 1. The molecule has 4 rings (SSSR count). The highest BCUT2D eigenvalue weighted by atomic mass is 16.5. The van der Waals surface area contributed by atoms with Gasteiger partial charge in [-0.15, -0.1) is 0 Å². The lowest BCUT2D eigenvalue weighted by Crippen LogP contribution is -2.54. The molecule has 1 saturated heterocycles. The second-order valence-electron chi connectivity index (χ2n) is 8.22. The van der Waals surface area contributed by atoms with Crippen LogP contribution in [0.5, 0.6) is 17.2 Å². The molecule has 2 aromatic carbocycles. The van der Waals surface area contributed by atoms with Crippen LogP contribution in [0.15, 0.2) is 42.5 Å². The molecule has 1 atom stereocenters. The van der Waals surface area contributed by atoms with Crippen LogP contribution in [0.25, 0.3) is 0 Å². The fourth-order valence-electron chi connectivity index (χ4n) is 3.63. The lowest BCUT2D eigenvalue weighted by atomic mass is 10.1. The SMILES string of the molecule is COc1cc(OCC2CC2)ccc1N1CC(Oc2ccc([C@H](C)NC(C)=O)cc2)C1. The zero-order valence-electron chi connectivity index (χ0n) is 17.9. The zero-order valence-corrected chi connectivity index (χ0v) is 17.9. The number of hydrogen-bond acceptors (Lipinski definition) is 5. The van der Waals surface area contributed by atoms with Crippen molar-refractivity contribution in [2.45, 2.75) is 38.8 Å². The smallest absolute Gasteiger partial charge is 0.217 e. The van der Waals surface area contributed by atoms with Gasteiger partial charge in [-0.1, -0.05) is 12.1 Å². The highest BCUT2D eigenvalue weighted by molar-refractivity contribution is 5.73. The molecule has 1 N–H and O–H groups in total. The molecule has 30 heavy (non-hydrogen) atoms. The number of rotatable bonds is 9. The second-order valence-corrected chi connectivity index (χ2v) is 8.22. The summed E-state index contributed by atoms with van der Waals surface area (Å²) in [5.74, 6) is 3.23. The average molecular weight is 411 g/mol. The molecule has 1 aliphatic heterocycles. The van der Waals surface area contributed by atoms with Gasteiger partial charge >= 0.3 is 0 Å². The first-order valence-electron chi connectivity index (χ1n) is 10.6. The molecule has 0 unspecified atom stereocenters. The molecule has 0 spiro atoms. The van der Waals surface area contributed by atoms with Gasteiger partial charge in [-0.05, 0) is 55.5 Å². The summed E-state index contributed by atoms with van der Waals surface area (Å²) >= 11 is 0. The highest BCUT2D eigenvalue weighted by Gasteiger charge is 2.31. The largest absolute Gasteiger partial charge is 0.494 e. The average Bonchev–Trinajstić information content (AvgIpc) is 3.53. The normalized spacial score (nSPS) is 17.1. The van der Waals surface area contributed by atoms with Crippen molar-refractivity contribution >= 4 is 11.6 Å². The van der Waals surface area contributed by atoms with Crippen LogP contribution in [0.4, 0.5) is 5.69 Å². The van der Waals surface area contributed by atoms with Crippen LogP contribution in [-0.2, 0) is 4.79 Å². The summed E-state index contributed by atoms with van der Waals surface area (Å²) in [5, 5.41) is 2.89. The number of benzene rings is 2. The molecule has 1 heterocycles. The van der Waals surface area contributed by atoms with Crippen LogP contribution in [-0.4, -0.2) is 38.8 Å². The van der Waals surface area contributed by atoms with Gasteiger partial charge < -0.3 is 24.4 Å². The van der Waals surface area contributed by atoms with Crippen molar-refractivity contribution in [3.05, 3.63) is 48.0 Å². The van der Waals surface area contributed by atoms with E-state index in [1.54, 1.807) is 7.11 Å². The third kappa shape index (κ3) is 4.99. The summed E-state index contributed by atoms with van der Waals surface area (Å²) in [7, 11) is 1.70. The summed E-state index contributed by atoms with van der Waals surface area (Å²) in [4.78, 5) is 13.5. The van der Waals surface area contributed by atoms with Gasteiger partial charge in [-0.2, -0.15) is 0 Å². The Balaban J connectivity index is 1.29. The fraction of sp³-hybridized carbons (Fsp3) is 0.458. The number of nitrogens with one attached hydrogen (secondary N) is 1. The van der Waals surface area contributed by atoms with Crippen LogP contribution in [0.2, 0.25) is 0 Å². The molecule has 2 aliphatic rings. The van der Waals surface area contributed by atoms with E-state index in [1.165, 1.54) is 19.8 Å². The summed E-state index contributed by atoms with van der Waals surface area (Å²) in [5.41, 5.74) is 2.12. The number of anilines is 1. The maximum atomic E-state index is 11.2. The zero-order chi connectivity index (χ0) is 21.1. The maximum Gasteiger partial charge on any atom is 0.217 e. The Kier molecular flexibility index (Phi) is 6.02. The third-order valence-corrected chi connectivity index (χ3v) is 5.63. The van der Waals surface area contributed by atoms with Gasteiger partial charge in [0.25, 0.3) is 0 Å². The monoisotopic (exact) mass is 410 g/mol. The van der Waals surface area contributed by atoms with Gasteiger partial charge in [0.2, 0.25) is 5.91 Å². The third-order valence-electron chi connectivity index (χ3n) is 5.63. The van der Waals surface area contributed by atoms with Gasteiger partial charge in [0, 0.05) is 13.0 Å². The Morgan fingerprint density at radius 3 is 2.47 bits per heavy atom. The van der Waals surface area contributed by atoms with E-state index >= 15 is 0 Å². The van der Waals surface area contributed by atoms with Gasteiger partial charge in [0.15, 0.2) is 0 Å². The molecule has 2 aromatic rings. The van der Waals surface area contributed by atoms with Crippen LogP contribution in [0.1, 0.15) is 38.3 Å². The van der Waals surface area contributed by atoms with E-state index in [1.807, 2.05) is 43.3 Å². The number of nitrogens with zero attached hydrogens (tertiary/aromatic N) is 1. The second kappa shape index (κ2) is 8.86. The summed E-state index contributed by atoms with van der Waals surface area (Å²) in [6, 6.07) is 14.0. The first kappa shape index (κ1) is 20.4. The molecule has 0 radical (unpaired) electrons. The lowest BCUT2D eigenvalue weighted by Gasteiger charge is -2.41. The first-order chi connectivity index (χ1) is 14.5. The van der Waals surface area contributed by atoms with E-state index in [9.17, 15) is 4.79 Å². The van der Waals surface area contributed by atoms with Crippen LogP contribution in [0, 0.1) is 5.92 Å². The quantitative estimate of drug-likeness (QED) is 0.678. The molecule has 2 fully saturated rings. The Hall–Kier alpha value is -2.89. The predicted molar refractivity (Wildman–Crippen MR) is 117 cm³/mol. The minimum Gasteiger partial charge on any atom is -0.494 e. The lowest BCUT2D eigenvalue weighted by molar-refractivity contribution is -0.119. The Morgan fingerprint density at radius 1 is 1.13 bits per heavy atom. The van der Waals surface area contributed by atoms with E-state index in [-0.39, 0.29) is 18.1 Å². The van der Waals surface area contributed by atoms with Gasteiger partial charge in [-0.3, -0.25) is 4.79 Å². The first-order valence-corrected chi connectivity index (χ1v) is 10.6. The van der Waals surface area contributed by atoms with E-state index in [0.29, 0.717) is 0 Å². The van der Waals surface area contributed by atoms with E-state index in [2.05, 4.69) is 16.3 Å². The number of amides is 1. The van der Waals surface area contributed by atoms with Crippen molar-refractivity contribution in [3.8, 4) is 17.2 Å². The van der Waals surface area contributed by atoms with Crippen molar-refractivity contribution in [3.63, 3.8) is 0 Å². The number of carbonyl (C=O) groups is 1. The molecule has 0 aromatic heterocycles. The van der Waals surface area contributed by atoms with Gasteiger partial charge in [0.05, 0.1) is 38.5 Å². The van der Waals surface area contributed by atoms with E-state index < -0.39 is 0 Å². The van der Waals surface area contributed by atoms with Crippen molar-refractivity contribution in [1.29, 1.82) is 0 Å². The molecule has 1 saturated carbocycles. The van der Waals surface area contributed by atoms with Gasteiger partial charge in [0.1, 0.15) is 23.4 Å². The molecular formula is C24H30N2O4. The number of methoxy groups -OCH3 is 1. The van der Waals surface area contributed by atoms with Crippen LogP contribution < -0.4 is 24.4 Å². The Labute approximate surface area is 178 Å². The van der Waals surface area contributed by atoms with Crippen molar-refractivity contribution in [1.82, 2.24) is 5.32 Å². The summed E-state index contributed by atoms with van der Waals surface area (Å²) in [6.07, 6.45) is 2.70. The minimum absolute atomic E-state index is 0.0144. The van der Waals surface area contributed by atoms with Gasteiger partial charge in [-0.25, -0.2) is 0 Å². The highest BCUT2D eigenvalue weighted by Crippen LogP contribution is 2.36. The fourth-order valence-corrected chi connectivity index (χ4v) is 3.63. The minimum atomic E-state index is -0.0321. The van der Waals surface area contributed by atoms with Crippen LogP contribution >= 0.6 is 0 Å². The molecule has 6 nitrogen and oxygen atoms in total. The Morgan fingerprint density at radius 2 is 1.83 bits per heavy atom. The van der Waals surface area contributed by atoms with Crippen molar-refractivity contribution < 1.29 is 19.0 Å². The summed E-state index contributed by atoms with van der Waals surface area (Å²) < 4.78 is 17.5. The van der Waals surface area contributed by atoms with Crippen LogP contribution in [0.3, 0.4) is 0 Å². The molecular weight excluding hydrogens is 380 g/mol. The molecule has 1 amide bonds. The number of ether oxygens (including phenoxy) is 3. The molecule has 6 heteroatoms. The topological polar surface area (TPSA) is 60.0 Å². The Bertz CT molecular complexity index is 873. The molecule has 160 valence electrons. The summed E-state index contributed by atoms with van der Waals surface area (Å²) in [6.45, 7) is 5.91. The van der Waals surface area contributed by atoms with E-state index in [0.717, 1.165) is 54.1 Å². The molecule has 0 bridgehead atoms. The van der Waals surface area contributed by atoms with Crippen molar-refractivity contribution in [2.75, 3.05) is 31.7 Å². The van der Waals surface area contributed by atoms with Crippen molar-refractivity contribution in [2.24, 2.45) is 5.92 Å².